The van der Waals surface area contributed by atoms with Crippen LogP contribution >= 0.6 is 11.3 Å². The van der Waals surface area contributed by atoms with Crippen molar-refractivity contribution in [1.29, 1.82) is 0 Å². The fourth-order valence-corrected chi connectivity index (χ4v) is 3.85. The Hall–Kier alpha value is -0.300. The van der Waals surface area contributed by atoms with E-state index in [9.17, 15) is 0 Å². The highest BCUT2D eigenvalue weighted by Gasteiger charge is 2.42. The van der Waals surface area contributed by atoms with Crippen LogP contribution in [0, 0.1) is 0 Å². The van der Waals surface area contributed by atoms with Crippen LogP contribution in [0.3, 0.4) is 0 Å². The minimum atomic E-state index is 0.402. The summed E-state index contributed by atoms with van der Waals surface area (Å²) in [6.45, 7) is 9.43. The van der Waals surface area contributed by atoms with Gasteiger partial charge in [-0.2, -0.15) is 0 Å². The number of hydrogen-bond donors (Lipinski definition) is 0. The van der Waals surface area contributed by atoms with E-state index in [1.54, 1.807) is 10.4 Å². The van der Waals surface area contributed by atoms with Gasteiger partial charge in [-0.15, -0.1) is 11.3 Å². The van der Waals surface area contributed by atoms with Crippen molar-refractivity contribution in [2.45, 2.75) is 44.9 Å². The molecule has 0 unspecified atom stereocenters. The molecule has 1 aromatic rings. The second kappa shape index (κ2) is 2.14. The van der Waals surface area contributed by atoms with Gasteiger partial charge in [0, 0.05) is 10.3 Å². The topological polar surface area (TPSA) is 0 Å². The Morgan fingerprint density at radius 2 is 1.83 bits per heavy atom. The van der Waals surface area contributed by atoms with E-state index in [0.717, 1.165) is 0 Å². The maximum atomic E-state index is 2.36. The Bertz CT molecular complexity index is 276. The molecule has 1 aromatic heterocycles. The van der Waals surface area contributed by atoms with Crippen molar-refractivity contribution in [3.63, 3.8) is 0 Å². The average Bonchev–Trinajstić information content (AvgIpc) is 2.34. The molecule has 66 valence electrons. The van der Waals surface area contributed by atoms with Gasteiger partial charge in [-0.25, -0.2) is 0 Å². The van der Waals surface area contributed by atoms with Crippen LogP contribution < -0.4 is 0 Å². The zero-order valence-corrected chi connectivity index (χ0v) is 9.09. The third kappa shape index (κ3) is 0.957. The molecule has 0 bridgehead atoms. The molecular formula is C11H16S. The van der Waals surface area contributed by atoms with E-state index >= 15 is 0 Å². The molecule has 0 amide bonds. The van der Waals surface area contributed by atoms with E-state index in [2.05, 4.69) is 39.1 Å². The monoisotopic (exact) mass is 180 g/mol. The summed E-state index contributed by atoms with van der Waals surface area (Å²) < 4.78 is 0. The molecular weight excluding hydrogens is 164 g/mol. The standard InChI is InChI=1S/C11H16S/c1-10(2)7-11(3,4)9-8(10)5-6-12-9/h5-6H,7H2,1-4H3. The van der Waals surface area contributed by atoms with Crippen LogP contribution in [0.1, 0.15) is 44.6 Å². The summed E-state index contributed by atoms with van der Waals surface area (Å²) in [4.78, 5) is 1.60. The van der Waals surface area contributed by atoms with E-state index < -0.39 is 0 Å². The van der Waals surface area contributed by atoms with E-state index in [4.69, 9.17) is 0 Å². The highest BCUT2D eigenvalue weighted by Crippen LogP contribution is 2.51. The lowest BCUT2D eigenvalue weighted by Crippen LogP contribution is -2.18. The predicted octanol–water partition coefficient (Wildman–Crippen LogP) is 3.71. The van der Waals surface area contributed by atoms with Crippen LogP contribution in [0.5, 0.6) is 0 Å². The van der Waals surface area contributed by atoms with Gasteiger partial charge in [-0.1, -0.05) is 27.7 Å². The van der Waals surface area contributed by atoms with Gasteiger partial charge in [0.05, 0.1) is 0 Å². The van der Waals surface area contributed by atoms with Crippen molar-refractivity contribution in [2.75, 3.05) is 0 Å². The fourth-order valence-electron chi connectivity index (χ4n) is 2.65. The van der Waals surface area contributed by atoms with Gasteiger partial charge in [-0.3, -0.25) is 0 Å². The normalized spacial score (nSPS) is 24.0. The minimum Gasteiger partial charge on any atom is -0.148 e. The molecule has 0 saturated carbocycles. The molecule has 1 aliphatic carbocycles. The van der Waals surface area contributed by atoms with Gasteiger partial charge in [0.1, 0.15) is 0 Å². The van der Waals surface area contributed by atoms with Crippen LogP contribution in [0.2, 0.25) is 0 Å². The summed E-state index contributed by atoms with van der Waals surface area (Å²) in [5.41, 5.74) is 2.39. The van der Waals surface area contributed by atoms with Gasteiger partial charge in [-0.05, 0) is 28.8 Å². The van der Waals surface area contributed by atoms with Crippen LogP contribution in [0.15, 0.2) is 11.4 Å². The molecule has 0 spiro atoms. The quantitative estimate of drug-likeness (QED) is 0.571. The molecule has 0 aliphatic heterocycles. The first-order valence-corrected chi connectivity index (χ1v) is 5.40. The van der Waals surface area contributed by atoms with Crippen molar-refractivity contribution in [3.8, 4) is 0 Å². The molecule has 0 nitrogen and oxygen atoms in total. The Kier molecular flexibility index (Phi) is 1.48. The summed E-state index contributed by atoms with van der Waals surface area (Å²) in [5.74, 6) is 0. The summed E-state index contributed by atoms with van der Waals surface area (Å²) in [6, 6.07) is 2.30. The maximum Gasteiger partial charge on any atom is 0.0139 e. The molecule has 1 heteroatoms. The van der Waals surface area contributed by atoms with Gasteiger partial charge in [0.15, 0.2) is 0 Å². The first kappa shape index (κ1) is 8.31. The first-order valence-electron chi connectivity index (χ1n) is 4.52. The van der Waals surface area contributed by atoms with Crippen molar-refractivity contribution in [1.82, 2.24) is 0 Å². The van der Waals surface area contributed by atoms with E-state index in [1.165, 1.54) is 6.42 Å². The van der Waals surface area contributed by atoms with Gasteiger partial charge >= 0.3 is 0 Å². The number of rotatable bonds is 0. The van der Waals surface area contributed by atoms with Gasteiger partial charge < -0.3 is 0 Å². The van der Waals surface area contributed by atoms with E-state index in [1.807, 2.05) is 11.3 Å². The SMILES string of the molecule is CC1(C)CC(C)(C)c2sccc21. The van der Waals surface area contributed by atoms with Crippen LogP contribution in [0.4, 0.5) is 0 Å². The highest BCUT2D eigenvalue weighted by molar-refractivity contribution is 7.10. The Morgan fingerprint density at radius 3 is 2.42 bits per heavy atom. The fraction of sp³-hybridized carbons (Fsp3) is 0.636. The molecule has 0 aromatic carbocycles. The van der Waals surface area contributed by atoms with Crippen molar-refractivity contribution in [2.24, 2.45) is 0 Å². The smallest absolute Gasteiger partial charge is 0.0139 e. The second-order valence-corrected chi connectivity index (χ2v) is 6.02. The number of hydrogen-bond acceptors (Lipinski definition) is 1. The molecule has 1 heterocycles. The van der Waals surface area contributed by atoms with Crippen LogP contribution in [0.25, 0.3) is 0 Å². The Balaban J connectivity index is 2.60. The van der Waals surface area contributed by atoms with Gasteiger partial charge in [0.2, 0.25) is 0 Å². The van der Waals surface area contributed by atoms with E-state index in [0.29, 0.717) is 10.8 Å². The molecule has 12 heavy (non-hydrogen) atoms. The van der Waals surface area contributed by atoms with Crippen LogP contribution in [-0.4, -0.2) is 0 Å². The molecule has 2 rings (SSSR count). The zero-order chi connectivity index (χ0) is 8.98. The summed E-state index contributed by atoms with van der Waals surface area (Å²) >= 11 is 1.92. The lowest BCUT2D eigenvalue weighted by atomic mass is 9.82. The first-order chi connectivity index (χ1) is 5.43. The summed E-state index contributed by atoms with van der Waals surface area (Å²) in [7, 11) is 0. The second-order valence-electron chi connectivity index (χ2n) is 5.11. The van der Waals surface area contributed by atoms with Gasteiger partial charge in [0.25, 0.3) is 0 Å². The summed E-state index contributed by atoms with van der Waals surface area (Å²) in [5, 5.41) is 2.23. The lowest BCUT2D eigenvalue weighted by Gasteiger charge is -2.22. The Morgan fingerprint density at radius 1 is 1.17 bits per heavy atom. The number of thiophene rings is 1. The van der Waals surface area contributed by atoms with Crippen LogP contribution in [-0.2, 0) is 10.8 Å². The largest absolute Gasteiger partial charge is 0.148 e. The lowest BCUT2D eigenvalue weighted by molar-refractivity contribution is 0.405. The molecule has 0 radical (unpaired) electrons. The Labute approximate surface area is 78.6 Å². The molecule has 0 atom stereocenters. The highest BCUT2D eigenvalue weighted by atomic mass is 32.1. The molecule has 0 saturated heterocycles. The maximum absolute atomic E-state index is 2.36. The molecule has 1 aliphatic rings. The average molecular weight is 180 g/mol. The minimum absolute atomic E-state index is 0.402. The van der Waals surface area contributed by atoms with Crippen molar-refractivity contribution in [3.05, 3.63) is 21.9 Å². The van der Waals surface area contributed by atoms with Crippen molar-refractivity contribution >= 4 is 11.3 Å². The predicted molar refractivity (Wildman–Crippen MR) is 55.0 cm³/mol. The third-order valence-electron chi connectivity index (χ3n) is 2.89. The number of fused-ring (bicyclic) bond motifs is 1. The molecule has 0 N–H and O–H groups in total. The summed E-state index contributed by atoms with van der Waals surface area (Å²) in [6.07, 6.45) is 1.29. The third-order valence-corrected chi connectivity index (χ3v) is 4.17. The van der Waals surface area contributed by atoms with Crippen molar-refractivity contribution < 1.29 is 0 Å². The van der Waals surface area contributed by atoms with E-state index in [-0.39, 0.29) is 0 Å². The zero-order valence-electron chi connectivity index (χ0n) is 8.27. The molecule has 0 fully saturated rings.